The second-order valence-electron chi connectivity index (χ2n) is 4.51. The monoisotopic (exact) mass is 295 g/mol. The van der Waals surface area contributed by atoms with Crippen molar-refractivity contribution < 1.29 is 17.6 Å². The van der Waals surface area contributed by atoms with E-state index in [-0.39, 0.29) is 11.3 Å². The van der Waals surface area contributed by atoms with Crippen LogP contribution in [0.1, 0.15) is 18.0 Å². The lowest BCUT2D eigenvalue weighted by Crippen LogP contribution is -2.13. The summed E-state index contributed by atoms with van der Waals surface area (Å²) in [5.41, 5.74) is 0.215. The molecular weight excluding hydrogens is 282 g/mol. The van der Waals surface area contributed by atoms with Gasteiger partial charge in [-0.15, -0.1) is 6.58 Å². The van der Waals surface area contributed by atoms with E-state index >= 15 is 0 Å². The molecule has 1 nitrogen and oxygen atoms in total. The Morgan fingerprint density at radius 2 is 1.57 bits per heavy atom. The molecule has 2 aromatic carbocycles. The standard InChI is InChI=1S/C16H13F4N/c1-2-3-15(12-6-4-10(17)8-13(12)19)21-16-7-5-11(18)9-14(16)20/h2,4-9,15,21H,1,3H2. The summed E-state index contributed by atoms with van der Waals surface area (Å²) in [5.74, 6) is -2.92. The van der Waals surface area contributed by atoms with E-state index in [0.29, 0.717) is 6.42 Å². The fourth-order valence-electron chi connectivity index (χ4n) is 2.01. The highest BCUT2D eigenvalue weighted by atomic mass is 19.1. The van der Waals surface area contributed by atoms with E-state index in [1.165, 1.54) is 18.2 Å². The molecule has 1 N–H and O–H groups in total. The summed E-state index contributed by atoms with van der Waals surface area (Å²) in [7, 11) is 0. The minimum atomic E-state index is -0.786. The predicted molar refractivity (Wildman–Crippen MR) is 73.9 cm³/mol. The number of anilines is 1. The van der Waals surface area contributed by atoms with Crippen LogP contribution in [0, 0.1) is 23.3 Å². The molecule has 0 spiro atoms. The fourth-order valence-corrected chi connectivity index (χ4v) is 2.01. The number of nitrogens with one attached hydrogen (secondary N) is 1. The number of hydrogen-bond donors (Lipinski definition) is 1. The summed E-state index contributed by atoms with van der Waals surface area (Å²) in [6.45, 7) is 3.56. The van der Waals surface area contributed by atoms with Gasteiger partial charge < -0.3 is 5.32 Å². The van der Waals surface area contributed by atoms with E-state index in [1.54, 1.807) is 0 Å². The normalized spacial score (nSPS) is 12.0. The lowest BCUT2D eigenvalue weighted by Gasteiger charge is -2.20. The summed E-state index contributed by atoms with van der Waals surface area (Å²) < 4.78 is 53.3. The molecule has 1 unspecified atom stereocenters. The van der Waals surface area contributed by atoms with Gasteiger partial charge in [0.25, 0.3) is 0 Å². The van der Waals surface area contributed by atoms with E-state index < -0.39 is 29.3 Å². The summed E-state index contributed by atoms with van der Waals surface area (Å²) in [6.07, 6.45) is 1.82. The lowest BCUT2D eigenvalue weighted by atomic mass is 10.0. The fraction of sp³-hybridized carbons (Fsp3) is 0.125. The zero-order valence-electron chi connectivity index (χ0n) is 11.0. The van der Waals surface area contributed by atoms with Crippen molar-refractivity contribution in [2.24, 2.45) is 0 Å². The summed E-state index contributed by atoms with van der Waals surface area (Å²) in [4.78, 5) is 0. The van der Waals surface area contributed by atoms with Crippen molar-refractivity contribution >= 4 is 5.69 Å². The molecule has 0 fully saturated rings. The Bertz CT molecular complexity index is 655. The highest BCUT2D eigenvalue weighted by Crippen LogP contribution is 2.27. The minimum Gasteiger partial charge on any atom is -0.375 e. The van der Waals surface area contributed by atoms with Crippen molar-refractivity contribution in [3.05, 3.63) is 77.9 Å². The SMILES string of the molecule is C=CCC(Nc1ccc(F)cc1F)c1ccc(F)cc1F. The summed E-state index contributed by atoms with van der Waals surface area (Å²) >= 11 is 0. The maximum absolute atomic E-state index is 13.8. The molecule has 1 atom stereocenters. The van der Waals surface area contributed by atoms with Crippen LogP contribution in [0.25, 0.3) is 0 Å². The van der Waals surface area contributed by atoms with Crippen LogP contribution in [0.5, 0.6) is 0 Å². The quantitative estimate of drug-likeness (QED) is 0.606. The zero-order chi connectivity index (χ0) is 15.4. The maximum Gasteiger partial charge on any atom is 0.149 e. The molecule has 0 saturated carbocycles. The molecule has 0 bridgehead atoms. The molecule has 2 rings (SSSR count). The third-order valence-electron chi connectivity index (χ3n) is 3.00. The van der Waals surface area contributed by atoms with Crippen molar-refractivity contribution in [3.8, 4) is 0 Å². The number of benzene rings is 2. The Kier molecular flexibility index (Phi) is 4.62. The highest BCUT2D eigenvalue weighted by Gasteiger charge is 2.17. The van der Waals surface area contributed by atoms with Gasteiger partial charge in [-0.05, 0) is 24.6 Å². The van der Waals surface area contributed by atoms with Gasteiger partial charge in [-0.25, -0.2) is 17.6 Å². The minimum absolute atomic E-state index is 0.0342. The third-order valence-corrected chi connectivity index (χ3v) is 3.00. The van der Waals surface area contributed by atoms with Gasteiger partial charge in [-0.1, -0.05) is 12.1 Å². The Balaban J connectivity index is 2.32. The van der Waals surface area contributed by atoms with E-state index in [1.807, 2.05) is 0 Å². The number of halogens is 4. The molecular formula is C16H13F4N. The zero-order valence-corrected chi connectivity index (χ0v) is 11.0. The van der Waals surface area contributed by atoms with E-state index in [2.05, 4.69) is 11.9 Å². The van der Waals surface area contributed by atoms with Crippen LogP contribution in [-0.2, 0) is 0 Å². The van der Waals surface area contributed by atoms with Crippen LogP contribution in [0.15, 0.2) is 49.1 Å². The molecule has 0 radical (unpaired) electrons. The molecule has 110 valence electrons. The van der Waals surface area contributed by atoms with Crippen molar-refractivity contribution in [3.63, 3.8) is 0 Å². The van der Waals surface area contributed by atoms with Crippen LogP contribution in [-0.4, -0.2) is 0 Å². The molecule has 0 aromatic heterocycles. The first-order chi connectivity index (χ1) is 10.0. The first-order valence-corrected chi connectivity index (χ1v) is 6.28. The average Bonchev–Trinajstić information content (AvgIpc) is 2.41. The van der Waals surface area contributed by atoms with Gasteiger partial charge in [0.15, 0.2) is 0 Å². The van der Waals surface area contributed by atoms with Gasteiger partial charge in [0, 0.05) is 17.7 Å². The lowest BCUT2D eigenvalue weighted by molar-refractivity contribution is 0.558. The van der Waals surface area contributed by atoms with Crippen LogP contribution in [0.2, 0.25) is 0 Å². The van der Waals surface area contributed by atoms with Crippen molar-refractivity contribution in [2.75, 3.05) is 5.32 Å². The van der Waals surface area contributed by atoms with Gasteiger partial charge in [-0.3, -0.25) is 0 Å². The second kappa shape index (κ2) is 6.43. The molecule has 0 heterocycles. The number of hydrogen-bond acceptors (Lipinski definition) is 1. The summed E-state index contributed by atoms with van der Waals surface area (Å²) in [5, 5.41) is 2.78. The Hall–Kier alpha value is -2.30. The Morgan fingerprint density at radius 3 is 2.14 bits per heavy atom. The van der Waals surface area contributed by atoms with Crippen molar-refractivity contribution in [1.82, 2.24) is 0 Å². The van der Waals surface area contributed by atoms with E-state index in [9.17, 15) is 17.6 Å². The average molecular weight is 295 g/mol. The molecule has 0 amide bonds. The topological polar surface area (TPSA) is 12.0 Å². The van der Waals surface area contributed by atoms with E-state index in [0.717, 1.165) is 24.3 Å². The first-order valence-electron chi connectivity index (χ1n) is 6.28. The highest BCUT2D eigenvalue weighted by molar-refractivity contribution is 5.47. The van der Waals surface area contributed by atoms with Crippen LogP contribution >= 0.6 is 0 Å². The van der Waals surface area contributed by atoms with Gasteiger partial charge in [-0.2, -0.15) is 0 Å². The Morgan fingerprint density at radius 1 is 0.952 bits per heavy atom. The maximum atomic E-state index is 13.8. The molecule has 0 aliphatic carbocycles. The van der Waals surface area contributed by atoms with Crippen LogP contribution < -0.4 is 5.32 Å². The molecule has 2 aromatic rings. The molecule has 0 aliphatic rings. The van der Waals surface area contributed by atoms with Crippen molar-refractivity contribution in [1.29, 1.82) is 0 Å². The van der Waals surface area contributed by atoms with Crippen molar-refractivity contribution in [2.45, 2.75) is 12.5 Å². The molecule has 0 saturated heterocycles. The molecule has 21 heavy (non-hydrogen) atoms. The summed E-state index contributed by atoms with van der Waals surface area (Å²) in [6, 6.07) is 5.58. The second-order valence-corrected chi connectivity index (χ2v) is 4.51. The van der Waals surface area contributed by atoms with E-state index in [4.69, 9.17) is 0 Å². The number of rotatable bonds is 5. The largest absolute Gasteiger partial charge is 0.375 e. The van der Waals surface area contributed by atoms with Crippen LogP contribution in [0.4, 0.5) is 23.2 Å². The smallest absolute Gasteiger partial charge is 0.149 e. The predicted octanol–water partition coefficient (Wildman–Crippen LogP) is 4.97. The van der Waals surface area contributed by atoms with Gasteiger partial charge in [0.1, 0.15) is 23.3 Å². The van der Waals surface area contributed by atoms with Crippen LogP contribution in [0.3, 0.4) is 0 Å². The third kappa shape index (κ3) is 3.62. The van der Waals surface area contributed by atoms with Gasteiger partial charge in [0.2, 0.25) is 0 Å². The molecule has 5 heteroatoms. The van der Waals surface area contributed by atoms with Gasteiger partial charge >= 0.3 is 0 Å². The van der Waals surface area contributed by atoms with Gasteiger partial charge in [0.05, 0.1) is 11.7 Å². The molecule has 0 aliphatic heterocycles. The Labute approximate surface area is 119 Å². The first kappa shape index (κ1) is 15.1.